The number of anilines is 1. The van der Waals surface area contributed by atoms with Gasteiger partial charge in [0.1, 0.15) is 5.82 Å². The molecular weight excluding hydrogens is 214 g/mol. The second-order valence-corrected chi connectivity index (χ2v) is 3.87. The monoisotopic (exact) mass is 227 g/mol. The molecule has 0 saturated heterocycles. The molecule has 0 bridgehead atoms. The molecular formula is C13H13N3O. The summed E-state index contributed by atoms with van der Waals surface area (Å²) < 4.78 is 0. The maximum atomic E-state index is 11.1. The highest BCUT2D eigenvalue weighted by Gasteiger charge is 2.06. The van der Waals surface area contributed by atoms with Crippen LogP contribution in [0.2, 0.25) is 0 Å². The van der Waals surface area contributed by atoms with Crippen molar-refractivity contribution in [2.75, 3.05) is 5.73 Å². The van der Waals surface area contributed by atoms with Crippen molar-refractivity contribution in [2.24, 2.45) is 5.73 Å². The Kier molecular flexibility index (Phi) is 2.78. The molecule has 0 radical (unpaired) electrons. The van der Waals surface area contributed by atoms with E-state index in [1.165, 1.54) is 0 Å². The molecule has 1 amide bonds. The van der Waals surface area contributed by atoms with Crippen molar-refractivity contribution in [1.82, 2.24) is 4.98 Å². The molecule has 0 unspecified atom stereocenters. The van der Waals surface area contributed by atoms with Gasteiger partial charge >= 0.3 is 0 Å². The predicted molar refractivity (Wildman–Crippen MR) is 67.3 cm³/mol. The van der Waals surface area contributed by atoms with Gasteiger partial charge in [-0.2, -0.15) is 0 Å². The van der Waals surface area contributed by atoms with Crippen molar-refractivity contribution >= 4 is 11.7 Å². The summed E-state index contributed by atoms with van der Waals surface area (Å²) >= 11 is 0. The fourth-order valence-corrected chi connectivity index (χ4v) is 1.72. The Hall–Kier alpha value is -2.36. The van der Waals surface area contributed by atoms with Gasteiger partial charge in [-0.25, -0.2) is 4.98 Å². The molecule has 0 fully saturated rings. The first-order valence-corrected chi connectivity index (χ1v) is 5.20. The Balaban J connectivity index is 2.53. The quantitative estimate of drug-likeness (QED) is 0.819. The van der Waals surface area contributed by atoms with E-state index in [-0.39, 0.29) is 0 Å². The minimum absolute atomic E-state index is 0.437. The van der Waals surface area contributed by atoms with Gasteiger partial charge in [-0.1, -0.05) is 12.1 Å². The number of aryl methyl sites for hydroxylation is 1. The van der Waals surface area contributed by atoms with Gasteiger partial charge in [0.15, 0.2) is 0 Å². The van der Waals surface area contributed by atoms with E-state index in [0.717, 1.165) is 16.7 Å². The minimum Gasteiger partial charge on any atom is -0.384 e. The summed E-state index contributed by atoms with van der Waals surface area (Å²) in [6.45, 7) is 1.95. The number of aromatic nitrogens is 1. The number of rotatable bonds is 2. The molecule has 17 heavy (non-hydrogen) atoms. The van der Waals surface area contributed by atoms with Gasteiger partial charge in [0, 0.05) is 17.3 Å². The zero-order valence-corrected chi connectivity index (χ0v) is 9.47. The lowest BCUT2D eigenvalue weighted by molar-refractivity contribution is 0.100. The molecule has 2 rings (SSSR count). The Bertz CT molecular complexity index is 579. The summed E-state index contributed by atoms with van der Waals surface area (Å²) in [5, 5.41) is 0. The summed E-state index contributed by atoms with van der Waals surface area (Å²) in [6.07, 6.45) is 1.70. The normalized spacial score (nSPS) is 10.2. The van der Waals surface area contributed by atoms with Crippen LogP contribution >= 0.6 is 0 Å². The lowest BCUT2D eigenvalue weighted by atomic mass is 10.0. The molecule has 1 aromatic heterocycles. The van der Waals surface area contributed by atoms with E-state index < -0.39 is 5.91 Å². The van der Waals surface area contributed by atoms with Crippen LogP contribution in [-0.4, -0.2) is 10.9 Å². The van der Waals surface area contributed by atoms with Crippen molar-refractivity contribution in [1.29, 1.82) is 0 Å². The molecule has 1 aromatic carbocycles. The van der Waals surface area contributed by atoms with Crippen LogP contribution in [0.4, 0.5) is 5.82 Å². The SMILES string of the molecule is Cc1cc(N)ncc1-c1cccc(C(N)=O)c1. The number of primary amides is 1. The van der Waals surface area contributed by atoms with E-state index in [2.05, 4.69) is 4.98 Å². The number of nitrogens with zero attached hydrogens (tertiary/aromatic N) is 1. The maximum absolute atomic E-state index is 11.1. The third-order valence-corrected chi connectivity index (χ3v) is 2.59. The highest BCUT2D eigenvalue weighted by atomic mass is 16.1. The number of hydrogen-bond donors (Lipinski definition) is 2. The van der Waals surface area contributed by atoms with Gasteiger partial charge in [0.2, 0.25) is 5.91 Å². The highest BCUT2D eigenvalue weighted by Crippen LogP contribution is 2.24. The Morgan fingerprint density at radius 1 is 1.29 bits per heavy atom. The first kappa shape index (κ1) is 11.1. The topological polar surface area (TPSA) is 82.0 Å². The number of hydrogen-bond acceptors (Lipinski definition) is 3. The molecule has 0 aliphatic heterocycles. The molecule has 0 atom stereocenters. The van der Waals surface area contributed by atoms with Gasteiger partial charge in [-0.05, 0) is 36.2 Å². The number of amides is 1. The fourth-order valence-electron chi connectivity index (χ4n) is 1.72. The van der Waals surface area contributed by atoms with E-state index in [9.17, 15) is 4.79 Å². The summed E-state index contributed by atoms with van der Waals surface area (Å²) in [7, 11) is 0. The molecule has 4 N–H and O–H groups in total. The number of benzene rings is 1. The van der Waals surface area contributed by atoms with Crippen LogP contribution < -0.4 is 11.5 Å². The second kappa shape index (κ2) is 4.25. The van der Waals surface area contributed by atoms with Crippen LogP contribution in [0.15, 0.2) is 36.5 Å². The molecule has 0 saturated carbocycles. The third-order valence-electron chi connectivity index (χ3n) is 2.59. The second-order valence-electron chi connectivity index (χ2n) is 3.87. The van der Waals surface area contributed by atoms with E-state index >= 15 is 0 Å². The lowest BCUT2D eigenvalue weighted by Crippen LogP contribution is -2.10. The molecule has 0 aliphatic rings. The minimum atomic E-state index is -0.437. The Morgan fingerprint density at radius 2 is 2.06 bits per heavy atom. The molecule has 0 aliphatic carbocycles. The van der Waals surface area contributed by atoms with Gasteiger partial charge in [0.25, 0.3) is 0 Å². The Labute approximate surface area is 99.3 Å². The number of nitrogens with two attached hydrogens (primary N) is 2. The van der Waals surface area contributed by atoms with Crippen LogP contribution in [0.1, 0.15) is 15.9 Å². The van der Waals surface area contributed by atoms with Crippen molar-refractivity contribution in [3.05, 3.63) is 47.7 Å². The van der Waals surface area contributed by atoms with Crippen LogP contribution in [0.3, 0.4) is 0 Å². The van der Waals surface area contributed by atoms with Crippen LogP contribution in [0.25, 0.3) is 11.1 Å². The standard InChI is InChI=1S/C13H13N3O/c1-8-5-12(14)16-7-11(8)9-3-2-4-10(6-9)13(15)17/h2-7H,1H3,(H2,14,16)(H2,15,17). The predicted octanol–water partition coefficient (Wildman–Crippen LogP) is 1.74. The van der Waals surface area contributed by atoms with Crippen LogP contribution in [0, 0.1) is 6.92 Å². The number of pyridine rings is 1. The van der Waals surface area contributed by atoms with Gasteiger partial charge in [-0.3, -0.25) is 4.79 Å². The number of carbonyl (C=O) groups is 1. The van der Waals surface area contributed by atoms with Crippen molar-refractivity contribution in [2.45, 2.75) is 6.92 Å². The molecule has 4 nitrogen and oxygen atoms in total. The highest BCUT2D eigenvalue weighted by molar-refractivity contribution is 5.94. The number of carbonyl (C=O) groups excluding carboxylic acids is 1. The molecule has 1 heterocycles. The number of nitrogen functional groups attached to an aromatic ring is 1. The first-order chi connectivity index (χ1) is 8.08. The zero-order chi connectivity index (χ0) is 12.4. The Morgan fingerprint density at radius 3 is 2.71 bits per heavy atom. The zero-order valence-electron chi connectivity index (χ0n) is 9.47. The average Bonchev–Trinajstić information content (AvgIpc) is 2.29. The summed E-state index contributed by atoms with van der Waals surface area (Å²) in [5.74, 6) is 0.0465. The summed E-state index contributed by atoms with van der Waals surface area (Å²) in [5.41, 5.74) is 14.2. The maximum Gasteiger partial charge on any atom is 0.248 e. The van der Waals surface area contributed by atoms with E-state index in [0.29, 0.717) is 11.4 Å². The van der Waals surface area contributed by atoms with Gasteiger partial charge in [0.05, 0.1) is 0 Å². The van der Waals surface area contributed by atoms with E-state index in [1.54, 1.807) is 30.5 Å². The van der Waals surface area contributed by atoms with Crippen LogP contribution in [-0.2, 0) is 0 Å². The van der Waals surface area contributed by atoms with Gasteiger partial charge < -0.3 is 11.5 Å². The molecule has 4 heteroatoms. The molecule has 0 spiro atoms. The molecule has 86 valence electrons. The van der Waals surface area contributed by atoms with E-state index in [4.69, 9.17) is 11.5 Å². The molecule has 2 aromatic rings. The largest absolute Gasteiger partial charge is 0.384 e. The summed E-state index contributed by atoms with van der Waals surface area (Å²) in [4.78, 5) is 15.2. The fraction of sp³-hybridized carbons (Fsp3) is 0.0769. The van der Waals surface area contributed by atoms with Crippen molar-refractivity contribution < 1.29 is 4.79 Å². The smallest absolute Gasteiger partial charge is 0.248 e. The average molecular weight is 227 g/mol. The summed E-state index contributed by atoms with van der Waals surface area (Å²) in [6, 6.07) is 8.94. The van der Waals surface area contributed by atoms with Crippen molar-refractivity contribution in [3.8, 4) is 11.1 Å². The third kappa shape index (κ3) is 2.25. The van der Waals surface area contributed by atoms with Crippen molar-refractivity contribution in [3.63, 3.8) is 0 Å². The van der Waals surface area contributed by atoms with E-state index in [1.807, 2.05) is 13.0 Å². The van der Waals surface area contributed by atoms with Gasteiger partial charge in [-0.15, -0.1) is 0 Å². The lowest BCUT2D eigenvalue weighted by Gasteiger charge is -2.07. The van der Waals surface area contributed by atoms with Crippen LogP contribution in [0.5, 0.6) is 0 Å². The first-order valence-electron chi connectivity index (χ1n) is 5.20.